The maximum atomic E-state index is 5.62. The summed E-state index contributed by atoms with van der Waals surface area (Å²) in [6.45, 7) is 6.88. The van der Waals surface area contributed by atoms with Gasteiger partial charge in [-0.05, 0) is 38.9 Å². The Hall–Kier alpha value is -1.24. The van der Waals surface area contributed by atoms with E-state index in [0.29, 0.717) is 23.9 Å². The molecule has 0 saturated carbocycles. The fourth-order valence-corrected chi connectivity index (χ4v) is 3.11. The Balaban J connectivity index is 2.09. The normalized spacial score (nSPS) is 18.6. The second-order valence-electron chi connectivity index (χ2n) is 5.42. The zero-order chi connectivity index (χ0) is 15.1. The molecule has 2 rings (SSSR count). The summed E-state index contributed by atoms with van der Waals surface area (Å²) in [5.74, 6) is 3.53. The molecule has 1 aromatic rings. The van der Waals surface area contributed by atoms with Crippen molar-refractivity contribution < 1.29 is 4.74 Å². The van der Waals surface area contributed by atoms with Gasteiger partial charge in [0.1, 0.15) is 0 Å². The molecule has 0 aliphatic carbocycles. The summed E-state index contributed by atoms with van der Waals surface area (Å²) < 4.78 is 5.62. The average molecular weight is 311 g/mol. The fourth-order valence-electron chi connectivity index (χ4n) is 2.04. The maximum absolute atomic E-state index is 5.62. The van der Waals surface area contributed by atoms with E-state index in [0.717, 1.165) is 25.1 Å². The third-order valence-corrected chi connectivity index (χ3v) is 4.20. The van der Waals surface area contributed by atoms with Crippen LogP contribution in [0.3, 0.4) is 0 Å². The van der Waals surface area contributed by atoms with E-state index in [1.807, 2.05) is 25.6 Å². The molecule has 118 valence electrons. The lowest BCUT2D eigenvalue weighted by atomic mass is 10.2. The van der Waals surface area contributed by atoms with Crippen LogP contribution in [0.15, 0.2) is 0 Å². The number of anilines is 2. The van der Waals surface area contributed by atoms with Crippen molar-refractivity contribution in [2.24, 2.45) is 0 Å². The zero-order valence-corrected chi connectivity index (χ0v) is 13.9. The lowest BCUT2D eigenvalue weighted by Crippen LogP contribution is -2.27. The highest BCUT2D eigenvalue weighted by Gasteiger charge is 2.16. The highest BCUT2D eigenvalue weighted by molar-refractivity contribution is 7.99. The fraction of sp³-hybridized carbons (Fsp3) is 0.786. The molecule has 2 N–H and O–H groups in total. The topological polar surface area (TPSA) is 72.0 Å². The van der Waals surface area contributed by atoms with E-state index in [9.17, 15) is 0 Å². The lowest BCUT2D eigenvalue weighted by molar-refractivity contribution is 0.222. The maximum Gasteiger partial charge on any atom is 0.323 e. The number of aromatic nitrogens is 3. The minimum atomic E-state index is 0.0458. The van der Waals surface area contributed by atoms with Crippen molar-refractivity contribution in [2.45, 2.75) is 52.2 Å². The van der Waals surface area contributed by atoms with Gasteiger partial charge in [0.05, 0.1) is 6.10 Å². The summed E-state index contributed by atoms with van der Waals surface area (Å²) in [5, 5.41) is 6.61. The summed E-state index contributed by atoms with van der Waals surface area (Å²) in [7, 11) is 0. The zero-order valence-electron chi connectivity index (χ0n) is 13.1. The Bertz CT molecular complexity index is 437. The van der Waals surface area contributed by atoms with Crippen molar-refractivity contribution in [1.29, 1.82) is 0 Å². The standard InChI is InChI=1S/C14H25N5OS/c1-4-7-15-12-17-13(16-11-6-5-8-21-9-11)19-14(18-12)20-10(2)3/h10-11H,4-9H2,1-3H3,(H2,15,16,17,18,19). The van der Waals surface area contributed by atoms with Gasteiger partial charge in [-0.15, -0.1) is 0 Å². The van der Waals surface area contributed by atoms with Crippen LogP contribution in [0, 0.1) is 0 Å². The molecule has 1 unspecified atom stereocenters. The van der Waals surface area contributed by atoms with E-state index in [1.54, 1.807) is 0 Å². The summed E-state index contributed by atoms with van der Waals surface area (Å²) in [4.78, 5) is 13.1. The Morgan fingerprint density at radius 3 is 2.76 bits per heavy atom. The Morgan fingerprint density at radius 2 is 2.10 bits per heavy atom. The molecular formula is C14H25N5OS. The molecule has 0 bridgehead atoms. The van der Waals surface area contributed by atoms with Crippen LogP contribution in [0.4, 0.5) is 11.9 Å². The molecule has 1 saturated heterocycles. The molecule has 1 fully saturated rings. The first kappa shape index (κ1) is 16.1. The van der Waals surface area contributed by atoms with Crippen LogP contribution in [-0.2, 0) is 0 Å². The monoisotopic (exact) mass is 311 g/mol. The molecule has 21 heavy (non-hydrogen) atoms. The molecule has 6 nitrogen and oxygen atoms in total. The van der Waals surface area contributed by atoms with Crippen molar-refractivity contribution in [3.8, 4) is 6.01 Å². The number of rotatable bonds is 7. The van der Waals surface area contributed by atoms with E-state index < -0.39 is 0 Å². The smallest absolute Gasteiger partial charge is 0.323 e. The van der Waals surface area contributed by atoms with Crippen LogP contribution in [0.1, 0.15) is 40.0 Å². The van der Waals surface area contributed by atoms with Crippen LogP contribution in [-0.4, -0.2) is 45.1 Å². The highest BCUT2D eigenvalue weighted by Crippen LogP contribution is 2.21. The summed E-state index contributed by atoms with van der Waals surface area (Å²) in [6.07, 6.45) is 3.47. The molecule has 7 heteroatoms. The minimum Gasteiger partial charge on any atom is -0.461 e. The van der Waals surface area contributed by atoms with Crippen molar-refractivity contribution in [3.05, 3.63) is 0 Å². The predicted octanol–water partition coefficient (Wildman–Crippen LogP) is 2.79. The Labute approximate surface area is 130 Å². The van der Waals surface area contributed by atoms with E-state index in [1.165, 1.54) is 12.2 Å². The summed E-state index contributed by atoms with van der Waals surface area (Å²) >= 11 is 1.97. The van der Waals surface area contributed by atoms with Gasteiger partial charge in [0, 0.05) is 18.3 Å². The van der Waals surface area contributed by atoms with Crippen molar-refractivity contribution in [1.82, 2.24) is 15.0 Å². The predicted molar refractivity (Wildman–Crippen MR) is 88.3 cm³/mol. The largest absolute Gasteiger partial charge is 0.461 e. The molecule has 1 aromatic heterocycles. The molecule has 1 atom stereocenters. The molecule has 1 aliphatic heterocycles. The molecule has 0 radical (unpaired) electrons. The molecule has 0 aromatic carbocycles. The van der Waals surface area contributed by atoms with Crippen LogP contribution in [0.25, 0.3) is 0 Å². The molecule has 0 amide bonds. The van der Waals surface area contributed by atoms with Gasteiger partial charge in [0.25, 0.3) is 0 Å². The van der Waals surface area contributed by atoms with E-state index in [2.05, 4.69) is 32.5 Å². The van der Waals surface area contributed by atoms with Gasteiger partial charge in [-0.1, -0.05) is 6.92 Å². The van der Waals surface area contributed by atoms with E-state index >= 15 is 0 Å². The number of nitrogens with one attached hydrogen (secondary N) is 2. The summed E-state index contributed by atoms with van der Waals surface area (Å²) in [5.41, 5.74) is 0. The van der Waals surface area contributed by atoms with Gasteiger partial charge in [-0.3, -0.25) is 0 Å². The lowest BCUT2D eigenvalue weighted by Gasteiger charge is -2.22. The second kappa shape index (κ2) is 8.26. The van der Waals surface area contributed by atoms with Gasteiger partial charge in [-0.25, -0.2) is 0 Å². The van der Waals surface area contributed by atoms with Gasteiger partial charge in [-0.2, -0.15) is 26.7 Å². The second-order valence-corrected chi connectivity index (χ2v) is 6.57. The van der Waals surface area contributed by atoms with E-state index in [4.69, 9.17) is 4.74 Å². The summed E-state index contributed by atoms with van der Waals surface area (Å²) in [6, 6.07) is 0.807. The third-order valence-electron chi connectivity index (χ3n) is 2.98. The average Bonchev–Trinajstić information content (AvgIpc) is 2.45. The van der Waals surface area contributed by atoms with Crippen molar-refractivity contribution in [3.63, 3.8) is 0 Å². The first-order valence-electron chi connectivity index (χ1n) is 7.68. The number of ether oxygens (including phenoxy) is 1. The van der Waals surface area contributed by atoms with Gasteiger partial charge in [0.15, 0.2) is 0 Å². The van der Waals surface area contributed by atoms with Gasteiger partial charge >= 0.3 is 6.01 Å². The van der Waals surface area contributed by atoms with Crippen LogP contribution in [0.2, 0.25) is 0 Å². The highest BCUT2D eigenvalue weighted by atomic mass is 32.2. The Kier molecular flexibility index (Phi) is 6.35. The number of thioether (sulfide) groups is 1. The van der Waals surface area contributed by atoms with Gasteiger partial charge < -0.3 is 15.4 Å². The number of nitrogens with zero attached hydrogens (tertiary/aromatic N) is 3. The van der Waals surface area contributed by atoms with Crippen LogP contribution in [0.5, 0.6) is 6.01 Å². The first-order valence-corrected chi connectivity index (χ1v) is 8.83. The quantitative estimate of drug-likeness (QED) is 0.802. The molecule has 0 spiro atoms. The minimum absolute atomic E-state index is 0.0458. The number of hydrogen-bond donors (Lipinski definition) is 2. The molecular weight excluding hydrogens is 286 g/mol. The van der Waals surface area contributed by atoms with Crippen molar-refractivity contribution in [2.75, 3.05) is 28.7 Å². The molecule has 2 heterocycles. The van der Waals surface area contributed by atoms with E-state index in [-0.39, 0.29) is 6.10 Å². The van der Waals surface area contributed by atoms with Crippen LogP contribution >= 0.6 is 11.8 Å². The SMILES string of the molecule is CCCNc1nc(NC2CCCSC2)nc(OC(C)C)n1. The van der Waals surface area contributed by atoms with Gasteiger partial charge in [0.2, 0.25) is 11.9 Å². The molecule has 1 aliphatic rings. The first-order chi connectivity index (χ1) is 10.2. The third kappa shape index (κ3) is 5.57. The van der Waals surface area contributed by atoms with Crippen molar-refractivity contribution >= 4 is 23.7 Å². The Morgan fingerprint density at radius 1 is 1.29 bits per heavy atom. The number of hydrogen-bond acceptors (Lipinski definition) is 7. The van der Waals surface area contributed by atoms with Crippen LogP contribution < -0.4 is 15.4 Å².